The van der Waals surface area contributed by atoms with E-state index in [9.17, 15) is 18.9 Å². The lowest BCUT2D eigenvalue weighted by atomic mass is 9.99. The van der Waals surface area contributed by atoms with Gasteiger partial charge in [0, 0.05) is 11.6 Å². The summed E-state index contributed by atoms with van der Waals surface area (Å²) in [6, 6.07) is 1.87. The summed E-state index contributed by atoms with van der Waals surface area (Å²) in [7, 11) is 0. The third kappa shape index (κ3) is 2.75. The first-order chi connectivity index (χ1) is 7.79. The summed E-state index contributed by atoms with van der Waals surface area (Å²) in [5, 5.41) is 19.1. The predicted molar refractivity (Wildman–Crippen MR) is 56.8 cm³/mol. The van der Waals surface area contributed by atoms with Crippen LogP contribution in [0, 0.1) is 17.0 Å². The molecular weight excluding hydrogens is 234 g/mol. The number of nitro benzene ring substituents is 1. The summed E-state index contributed by atoms with van der Waals surface area (Å²) >= 11 is 0. The van der Waals surface area contributed by atoms with Crippen molar-refractivity contribution in [2.24, 2.45) is 5.73 Å². The Balaban J connectivity index is 3.16. The molecule has 7 heteroatoms. The van der Waals surface area contributed by atoms with Gasteiger partial charge in [-0.05, 0) is 12.5 Å². The van der Waals surface area contributed by atoms with Gasteiger partial charge in [-0.3, -0.25) is 10.1 Å². The van der Waals surface area contributed by atoms with Gasteiger partial charge in [-0.15, -0.1) is 0 Å². The molecule has 1 aromatic rings. The van der Waals surface area contributed by atoms with E-state index in [-0.39, 0.29) is 11.3 Å². The molecule has 0 heterocycles. The van der Waals surface area contributed by atoms with Crippen molar-refractivity contribution in [3.63, 3.8) is 0 Å². The highest BCUT2D eigenvalue weighted by Crippen LogP contribution is 2.31. The van der Waals surface area contributed by atoms with E-state index in [2.05, 4.69) is 0 Å². The Morgan fingerprint density at radius 2 is 2.18 bits per heavy atom. The molecule has 0 saturated heterocycles. The van der Waals surface area contributed by atoms with E-state index in [1.165, 1.54) is 19.1 Å². The fourth-order valence-electron chi connectivity index (χ4n) is 1.36. The molecule has 5 nitrogen and oxygen atoms in total. The van der Waals surface area contributed by atoms with E-state index in [0.717, 1.165) is 6.07 Å². The molecule has 0 spiro atoms. The van der Waals surface area contributed by atoms with Crippen LogP contribution in [0.25, 0.3) is 0 Å². The number of alkyl halides is 2. The number of nitrogens with two attached hydrogens (primary N) is 1. The van der Waals surface area contributed by atoms with E-state index in [4.69, 9.17) is 10.8 Å². The van der Waals surface area contributed by atoms with E-state index in [1.807, 2.05) is 0 Å². The lowest BCUT2D eigenvalue weighted by Gasteiger charge is -2.21. The van der Waals surface area contributed by atoms with Crippen LogP contribution in [0.3, 0.4) is 0 Å². The Morgan fingerprint density at radius 3 is 2.65 bits per heavy atom. The molecule has 0 aliphatic rings. The number of halogens is 2. The number of rotatable bonds is 4. The molecule has 0 amide bonds. The highest BCUT2D eigenvalue weighted by molar-refractivity contribution is 5.43. The fourth-order valence-corrected chi connectivity index (χ4v) is 1.36. The molecule has 1 rings (SSSR count). The molecular formula is C10H12F2N2O3. The quantitative estimate of drug-likeness (QED) is 0.622. The molecule has 0 aromatic heterocycles. The van der Waals surface area contributed by atoms with Crippen LogP contribution in [0.1, 0.15) is 17.2 Å². The Labute approximate surface area is 96.0 Å². The summed E-state index contributed by atoms with van der Waals surface area (Å²) in [4.78, 5) is 9.98. The van der Waals surface area contributed by atoms with Gasteiger partial charge in [-0.2, -0.15) is 0 Å². The summed E-state index contributed by atoms with van der Waals surface area (Å²) in [6.45, 7) is 0.0907. The second-order valence-electron chi connectivity index (χ2n) is 3.70. The molecule has 0 aliphatic heterocycles. The first kappa shape index (κ1) is 13.5. The first-order valence-electron chi connectivity index (χ1n) is 4.79. The number of hydrogen-bond acceptors (Lipinski definition) is 4. The van der Waals surface area contributed by atoms with Crippen molar-refractivity contribution in [1.29, 1.82) is 0 Å². The third-order valence-electron chi connectivity index (χ3n) is 2.45. The zero-order valence-electron chi connectivity index (χ0n) is 9.06. The summed E-state index contributed by atoms with van der Waals surface area (Å²) in [6.07, 6.45) is 0. The maximum absolute atomic E-state index is 13.1. The van der Waals surface area contributed by atoms with Gasteiger partial charge >= 0.3 is 0 Å². The molecule has 1 aromatic carbocycles. The van der Waals surface area contributed by atoms with Gasteiger partial charge < -0.3 is 10.8 Å². The molecule has 1 atom stereocenters. The molecule has 0 aliphatic carbocycles. The van der Waals surface area contributed by atoms with E-state index in [1.54, 1.807) is 0 Å². The SMILES string of the molecule is Cc1ccc([C@@H](N)C(F)(F)CO)cc1[N+](=O)[O-]. The minimum absolute atomic E-state index is 0.0821. The molecule has 0 fully saturated rings. The van der Waals surface area contributed by atoms with Gasteiger partial charge in [0.05, 0.1) is 11.0 Å². The molecule has 3 N–H and O–H groups in total. The number of nitro groups is 1. The predicted octanol–water partition coefficient (Wildman–Crippen LogP) is 1.53. The average Bonchev–Trinajstić information content (AvgIpc) is 2.28. The van der Waals surface area contributed by atoms with Crippen LogP contribution in [-0.2, 0) is 0 Å². The highest BCUT2D eigenvalue weighted by atomic mass is 19.3. The topological polar surface area (TPSA) is 89.4 Å². The normalized spacial score (nSPS) is 13.5. The first-order valence-corrected chi connectivity index (χ1v) is 4.79. The zero-order valence-corrected chi connectivity index (χ0v) is 9.06. The van der Waals surface area contributed by atoms with E-state index in [0.29, 0.717) is 5.56 Å². The maximum atomic E-state index is 13.1. The molecule has 0 saturated carbocycles. The maximum Gasteiger partial charge on any atom is 0.289 e. The Hall–Kier alpha value is -1.60. The summed E-state index contributed by atoms with van der Waals surface area (Å²) in [5.74, 6) is -3.51. The molecule has 94 valence electrons. The number of aliphatic hydroxyl groups is 1. The lowest BCUT2D eigenvalue weighted by molar-refractivity contribution is -0.385. The van der Waals surface area contributed by atoms with Gasteiger partial charge in [-0.25, -0.2) is 8.78 Å². The minimum Gasteiger partial charge on any atom is -0.390 e. The largest absolute Gasteiger partial charge is 0.390 e. The zero-order chi connectivity index (χ0) is 13.2. The van der Waals surface area contributed by atoms with Crippen LogP contribution in [0.2, 0.25) is 0 Å². The third-order valence-corrected chi connectivity index (χ3v) is 2.45. The van der Waals surface area contributed by atoms with Gasteiger partial charge in [-0.1, -0.05) is 12.1 Å². The average molecular weight is 246 g/mol. The standard InChI is InChI=1S/C10H12F2N2O3/c1-6-2-3-7(4-8(6)14(16)17)9(13)10(11,12)5-15/h2-4,9,15H,5,13H2,1H3/t9-/m1/s1. The van der Waals surface area contributed by atoms with Crippen LogP contribution in [0.5, 0.6) is 0 Å². The van der Waals surface area contributed by atoms with Gasteiger partial charge in [0.15, 0.2) is 0 Å². The summed E-state index contributed by atoms with van der Waals surface area (Å²) in [5.41, 5.74) is 5.28. The van der Waals surface area contributed by atoms with Crippen LogP contribution in [-0.4, -0.2) is 22.6 Å². The van der Waals surface area contributed by atoms with Crippen molar-refractivity contribution >= 4 is 5.69 Å². The number of hydrogen-bond donors (Lipinski definition) is 2. The number of aliphatic hydroxyl groups excluding tert-OH is 1. The second kappa shape index (κ2) is 4.72. The Kier molecular flexibility index (Phi) is 3.74. The van der Waals surface area contributed by atoms with Crippen LogP contribution >= 0.6 is 0 Å². The number of benzene rings is 1. The van der Waals surface area contributed by atoms with Crippen molar-refractivity contribution < 1.29 is 18.8 Å². The van der Waals surface area contributed by atoms with Crippen LogP contribution in [0.4, 0.5) is 14.5 Å². The fraction of sp³-hybridized carbons (Fsp3) is 0.400. The molecule has 0 unspecified atom stereocenters. The van der Waals surface area contributed by atoms with Gasteiger partial charge in [0.25, 0.3) is 11.6 Å². The van der Waals surface area contributed by atoms with Crippen LogP contribution < -0.4 is 5.73 Å². The van der Waals surface area contributed by atoms with Crippen LogP contribution in [0.15, 0.2) is 18.2 Å². The second-order valence-corrected chi connectivity index (χ2v) is 3.70. The molecule has 0 radical (unpaired) electrons. The van der Waals surface area contributed by atoms with Crippen molar-refractivity contribution in [1.82, 2.24) is 0 Å². The van der Waals surface area contributed by atoms with Crippen molar-refractivity contribution in [2.45, 2.75) is 18.9 Å². The molecule has 17 heavy (non-hydrogen) atoms. The molecule has 0 bridgehead atoms. The number of aryl methyl sites for hydroxylation is 1. The smallest absolute Gasteiger partial charge is 0.289 e. The Morgan fingerprint density at radius 1 is 1.59 bits per heavy atom. The van der Waals surface area contributed by atoms with E-state index >= 15 is 0 Å². The van der Waals surface area contributed by atoms with Crippen molar-refractivity contribution in [2.75, 3.05) is 6.61 Å². The summed E-state index contributed by atoms with van der Waals surface area (Å²) < 4.78 is 26.2. The Bertz CT molecular complexity index is 438. The highest BCUT2D eigenvalue weighted by Gasteiger charge is 2.37. The number of nitrogens with zero attached hydrogens (tertiary/aromatic N) is 1. The van der Waals surface area contributed by atoms with Gasteiger partial charge in [0.1, 0.15) is 6.61 Å². The van der Waals surface area contributed by atoms with Gasteiger partial charge in [0.2, 0.25) is 0 Å². The monoisotopic (exact) mass is 246 g/mol. The van der Waals surface area contributed by atoms with Crippen molar-refractivity contribution in [3.05, 3.63) is 39.4 Å². The van der Waals surface area contributed by atoms with Crippen molar-refractivity contribution in [3.8, 4) is 0 Å². The minimum atomic E-state index is -3.51. The van der Waals surface area contributed by atoms with E-state index < -0.39 is 23.5 Å². The lowest BCUT2D eigenvalue weighted by Crippen LogP contribution is -2.36.